The number of hydrogen-bond donors (Lipinski definition) is 0. The van der Waals surface area contributed by atoms with Gasteiger partial charge in [-0.1, -0.05) is 89.9 Å². The Morgan fingerprint density at radius 2 is 1.35 bits per heavy atom. The maximum absolute atomic E-state index is 5.22. The summed E-state index contributed by atoms with van der Waals surface area (Å²) in [4.78, 5) is 0. The molecule has 1 nitrogen and oxygen atoms in total. The number of ether oxygens (including phenoxy) is 1. The van der Waals surface area contributed by atoms with Crippen molar-refractivity contribution in [3.63, 3.8) is 0 Å². The zero-order valence-corrected chi connectivity index (χ0v) is 16.4. The molecule has 1 aromatic carbocycles. The lowest BCUT2D eigenvalue weighted by atomic mass is 9.29. The van der Waals surface area contributed by atoms with Gasteiger partial charge in [-0.15, -0.1) is 0 Å². The third-order valence-electron chi connectivity index (χ3n) is 5.87. The van der Waals surface area contributed by atoms with Crippen LogP contribution in [0.25, 0.3) is 0 Å². The molecule has 0 saturated heterocycles. The van der Waals surface area contributed by atoms with E-state index in [-0.39, 0.29) is 0 Å². The molecule has 0 saturated carbocycles. The van der Waals surface area contributed by atoms with Gasteiger partial charge in [0.15, 0.2) is 0 Å². The minimum Gasteiger partial charge on any atom is -0.497 e. The van der Waals surface area contributed by atoms with Crippen LogP contribution in [0.1, 0.15) is 59.9 Å². The maximum atomic E-state index is 5.22. The van der Waals surface area contributed by atoms with Gasteiger partial charge in [-0.2, -0.15) is 0 Å². The van der Waals surface area contributed by atoms with E-state index >= 15 is 0 Å². The SMILES string of the molecule is COc1ccc(CCCCB(C(C)C(C)C)C(C)C(C)C)cc1. The fraction of sp³-hybridized carbons (Fsp3) is 0.714. The zero-order valence-electron chi connectivity index (χ0n) is 16.4. The van der Waals surface area contributed by atoms with Crippen molar-refractivity contribution in [1.29, 1.82) is 0 Å². The Bertz CT molecular complexity index is 410. The van der Waals surface area contributed by atoms with Gasteiger partial charge in [-0.25, -0.2) is 0 Å². The first-order chi connectivity index (χ1) is 10.9. The van der Waals surface area contributed by atoms with E-state index in [0.717, 1.165) is 35.9 Å². The Morgan fingerprint density at radius 1 is 0.826 bits per heavy atom. The lowest BCUT2D eigenvalue weighted by molar-refractivity contribution is 0.414. The summed E-state index contributed by atoms with van der Waals surface area (Å²) in [6, 6.07) is 8.53. The monoisotopic (exact) mass is 316 g/mol. The predicted octanol–water partition coefficient (Wildman–Crippen LogP) is 6.60. The second-order valence-electron chi connectivity index (χ2n) is 7.96. The highest BCUT2D eigenvalue weighted by Gasteiger charge is 2.30. The molecular formula is C21H37BO. The Hall–Kier alpha value is -0.915. The number of rotatable bonds is 10. The van der Waals surface area contributed by atoms with Crippen molar-refractivity contribution in [1.82, 2.24) is 0 Å². The van der Waals surface area contributed by atoms with Crippen LogP contribution < -0.4 is 4.74 Å². The molecule has 0 aliphatic rings. The molecule has 2 heteroatoms. The van der Waals surface area contributed by atoms with E-state index in [1.807, 2.05) is 0 Å². The summed E-state index contributed by atoms with van der Waals surface area (Å²) in [5.74, 6) is 4.14. The summed E-state index contributed by atoms with van der Waals surface area (Å²) in [5, 5.41) is 0. The van der Waals surface area contributed by atoms with E-state index < -0.39 is 0 Å². The highest BCUT2D eigenvalue weighted by atomic mass is 16.5. The van der Waals surface area contributed by atoms with Crippen molar-refractivity contribution in [3.8, 4) is 5.75 Å². The lowest BCUT2D eigenvalue weighted by Gasteiger charge is -2.31. The largest absolute Gasteiger partial charge is 0.497 e. The predicted molar refractivity (Wildman–Crippen MR) is 105 cm³/mol. The highest BCUT2D eigenvalue weighted by molar-refractivity contribution is 6.62. The van der Waals surface area contributed by atoms with Crippen molar-refractivity contribution < 1.29 is 4.74 Å². The van der Waals surface area contributed by atoms with Gasteiger partial charge in [-0.05, 0) is 30.5 Å². The number of hydrogen-bond acceptors (Lipinski definition) is 1. The van der Waals surface area contributed by atoms with E-state index in [1.165, 1.54) is 31.1 Å². The summed E-state index contributed by atoms with van der Waals surface area (Å²) in [6.07, 6.45) is 5.18. The Kier molecular flexibility index (Phi) is 8.80. The number of unbranched alkanes of at least 4 members (excludes halogenated alkanes) is 1. The van der Waals surface area contributed by atoms with Crippen LogP contribution in [0.4, 0.5) is 0 Å². The van der Waals surface area contributed by atoms with Crippen molar-refractivity contribution >= 4 is 6.71 Å². The third kappa shape index (κ3) is 6.61. The first kappa shape index (κ1) is 20.1. The van der Waals surface area contributed by atoms with Crippen LogP contribution in [0.15, 0.2) is 24.3 Å². The standard InChI is InChI=1S/C21H37BO/c1-16(2)18(5)22(19(6)17(3)4)15-9-8-10-20-11-13-21(23-7)14-12-20/h11-14,16-19H,8-10,15H2,1-7H3. The van der Waals surface area contributed by atoms with Crippen molar-refractivity contribution in [2.45, 2.75) is 78.8 Å². The molecule has 0 fully saturated rings. The molecule has 0 bridgehead atoms. The quantitative estimate of drug-likeness (QED) is 0.349. The second-order valence-corrected chi connectivity index (χ2v) is 7.96. The van der Waals surface area contributed by atoms with E-state index in [4.69, 9.17) is 4.74 Å². The second kappa shape index (κ2) is 10.1. The summed E-state index contributed by atoms with van der Waals surface area (Å²) >= 11 is 0. The number of aryl methyl sites for hydroxylation is 1. The summed E-state index contributed by atoms with van der Waals surface area (Å²) < 4.78 is 5.22. The zero-order chi connectivity index (χ0) is 17.4. The van der Waals surface area contributed by atoms with Crippen LogP contribution in [0, 0.1) is 11.8 Å². The highest BCUT2D eigenvalue weighted by Crippen LogP contribution is 2.35. The normalized spacial score (nSPS) is 14.1. The van der Waals surface area contributed by atoms with E-state index in [1.54, 1.807) is 7.11 Å². The Labute approximate surface area is 145 Å². The molecule has 0 aliphatic carbocycles. The molecule has 23 heavy (non-hydrogen) atoms. The van der Waals surface area contributed by atoms with Gasteiger partial charge in [0.05, 0.1) is 7.11 Å². The molecule has 130 valence electrons. The van der Waals surface area contributed by atoms with Gasteiger partial charge < -0.3 is 4.74 Å². The van der Waals surface area contributed by atoms with Crippen molar-refractivity contribution in [2.24, 2.45) is 11.8 Å². The minimum atomic E-state index is 0.780. The van der Waals surface area contributed by atoms with Gasteiger partial charge in [0, 0.05) is 0 Å². The molecule has 0 spiro atoms. The van der Waals surface area contributed by atoms with E-state index in [0.29, 0.717) is 0 Å². The van der Waals surface area contributed by atoms with Gasteiger partial charge in [0.2, 0.25) is 0 Å². The van der Waals surface area contributed by atoms with Crippen LogP contribution in [0.3, 0.4) is 0 Å². The summed E-state index contributed by atoms with van der Waals surface area (Å²) in [7, 11) is 1.72. The fourth-order valence-electron chi connectivity index (χ4n) is 3.49. The van der Waals surface area contributed by atoms with Gasteiger partial charge >= 0.3 is 0 Å². The smallest absolute Gasteiger partial charge is 0.146 e. The van der Waals surface area contributed by atoms with E-state index in [2.05, 4.69) is 65.8 Å². The van der Waals surface area contributed by atoms with Crippen molar-refractivity contribution in [3.05, 3.63) is 29.8 Å². The van der Waals surface area contributed by atoms with Crippen molar-refractivity contribution in [2.75, 3.05) is 7.11 Å². The van der Waals surface area contributed by atoms with Crippen LogP contribution in [0.2, 0.25) is 18.0 Å². The lowest BCUT2D eigenvalue weighted by Crippen LogP contribution is -2.29. The fourth-order valence-corrected chi connectivity index (χ4v) is 3.49. The topological polar surface area (TPSA) is 9.23 Å². The molecule has 1 aromatic rings. The third-order valence-corrected chi connectivity index (χ3v) is 5.87. The molecule has 0 N–H and O–H groups in total. The average molecular weight is 316 g/mol. The molecule has 2 unspecified atom stereocenters. The maximum Gasteiger partial charge on any atom is 0.146 e. The molecule has 2 atom stereocenters. The van der Waals surface area contributed by atoms with Crippen LogP contribution >= 0.6 is 0 Å². The first-order valence-electron chi connectivity index (χ1n) is 9.49. The number of methoxy groups -OCH3 is 1. The van der Waals surface area contributed by atoms with Crippen LogP contribution in [-0.2, 0) is 6.42 Å². The van der Waals surface area contributed by atoms with E-state index in [9.17, 15) is 0 Å². The molecule has 0 aliphatic heterocycles. The average Bonchev–Trinajstić information content (AvgIpc) is 2.54. The van der Waals surface area contributed by atoms with Gasteiger partial charge in [-0.3, -0.25) is 0 Å². The van der Waals surface area contributed by atoms with Crippen LogP contribution in [0.5, 0.6) is 5.75 Å². The molecule has 0 amide bonds. The minimum absolute atomic E-state index is 0.780. The summed E-state index contributed by atoms with van der Waals surface area (Å²) in [6.45, 7) is 15.3. The summed E-state index contributed by atoms with van der Waals surface area (Å²) in [5.41, 5.74) is 1.43. The first-order valence-corrected chi connectivity index (χ1v) is 9.49. The van der Waals surface area contributed by atoms with Gasteiger partial charge in [0.1, 0.15) is 12.5 Å². The molecule has 0 aromatic heterocycles. The molecular weight excluding hydrogens is 279 g/mol. The number of benzene rings is 1. The Morgan fingerprint density at radius 3 is 1.78 bits per heavy atom. The molecule has 0 radical (unpaired) electrons. The van der Waals surface area contributed by atoms with Crippen LogP contribution in [-0.4, -0.2) is 13.8 Å². The molecule has 1 rings (SSSR count). The molecule has 0 heterocycles. The van der Waals surface area contributed by atoms with Gasteiger partial charge in [0.25, 0.3) is 0 Å². The Balaban J connectivity index is 2.47.